The first-order valence-corrected chi connectivity index (χ1v) is 4.58. The molecular weight excluding hydrogens is 148 g/mol. The number of carbonyl (C=O) groups excluding carboxylic acids is 1. The van der Waals surface area contributed by atoms with Gasteiger partial charge in [-0.3, -0.25) is 4.79 Å². The summed E-state index contributed by atoms with van der Waals surface area (Å²) in [5.74, 6) is 1.57. The standard InChI is InChI=1S/C11H14O/c1-3-8-4-5-9-7(2)6-10(12)11(8)9/h3,6,8-9,11H,1,4-5H2,2H3/t8?,9-,11-/m1/s1. The Hall–Kier alpha value is -0.850. The lowest BCUT2D eigenvalue weighted by Crippen LogP contribution is -2.16. The third-order valence-electron chi connectivity index (χ3n) is 3.29. The van der Waals surface area contributed by atoms with Crippen LogP contribution in [-0.4, -0.2) is 5.78 Å². The molecule has 0 heterocycles. The quantitative estimate of drug-likeness (QED) is 0.541. The summed E-state index contributed by atoms with van der Waals surface area (Å²) in [5, 5.41) is 0. The van der Waals surface area contributed by atoms with E-state index in [1.54, 1.807) is 0 Å². The minimum Gasteiger partial charge on any atom is -0.295 e. The molecular formula is C11H14O. The Morgan fingerprint density at radius 1 is 1.58 bits per heavy atom. The molecule has 0 aromatic rings. The van der Waals surface area contributed by atoms with Crippen molar-refractivity contribution in [3.63, 3.8) is 0 Å². The fourth-order valence-electron chi connectivity index (χ4n) is 2.64. The molecule has 1 fully saturated rings. The van der Waals surface area contributed by atoms with E-state index in [1.807, 2.05) is 12.2 Å². The summed E-state index contributed by atoms with van der Waals surface area (Å²) >= 11 is 0. The molecule has 1 nitrogen and oxygen atoms in total. The Balaban J connectivity index is 2.28. The molecule has 0 amide bonds. The van der Waals surface area contributed by atoms with Crippen molar-refractivity contribution in [1.29, 1.82) is 0 Å². The zero-order chi connectivity index (χ0) is 8.72. The van der Waals surface area contributed by atoms with Crippen LogP contribution in [0, 0.1) is 17.8 Å². The van der Waals surface area contributed by atoms with Gasteiger partial charge < -0.3 is 0 Å². The molecule has 1 saturated carbocycles. The highest BCUT2D eigenvalue weighted by atomic mass is 16.1. The number of ketones is 1. The summed E-state index contributed by atoms with van der Waals surface area (Å²) < 4.78 is 0. The predicted molar refractivity (Wildman–Crippen MR) is 48.7 cm³/mol. The zero-order valence-corrected chi connectivity index (χ0v) is 7.42. The average molecular weight is 162 g/mol. The van der Waals surface area contributed by atoms with E-state index < -0.39 is 0 Å². The van der Waals surface area contributed by atoms with Gasteiger partial charge in [0.25, 0.3) is 0 Å². The first kappa shape index (κ1) is 7.78. The van der Waals surface area contributed by atoms with Crippen LogP contribution < -0.4 is 0 Å². The smallest absolute Gasteiger partial charge is 0.159 e. The molecule has 0 aromatic carbocycles. The summed E-state index contributed by atoms with van der Waals surface area (Å²) in [5.41, 5.74) is 1.29. The molecule has 0 N–H and O–H groups in total. The SMILES string of the molecule is C=CC1CC[C@@H]2C(C)=CC(=O)[C@H]12. The van der Waals surface area contributed by atoms with Crippen molar-refractivity contribution in [2.75, 3.05) is 0 Å². The number of hydrogen-bond acceptors (Lipinski definition) is 1. The van der Waals surface area contributed by atoms with Gasteiger partial charge in [0.05, 0.1) is 0 Å². The van der Waals surface area contributed by atoms with E-state index in [0.29, 0.717) is 17.6 Å². The second-order valence-corrected chi connectivity index (χ2v) is 3.90. The first-order chi connectivity index (χ1) is 5.74. The van der Waals surface area contributed by atoms with Crippen LogP contribution in [0.4, 0.5) is 0 Å². The van der Waals surface area contributed by atoms with Crippen molar-refractivity contribution in [3.05, 3.63) is 24.3 Å². The van der Waals surface area contributed by atoms with E-state index in [-0.39, 0.29) is 5.92 Å². The van der Waals surface area contributed by atoms with Crippen molar-refractivity contribution < 1.29 is 4.79 Å². The summed E-state index contributed by atoms with van der Waals surface area (Å²) in [6.07, 6.45) is 6.10. The highest BCUT2D eigenvalue weighted by Gasteiger charge is 2.42. The molecule has 0 spiro atoms. The first-order valence-electron chi connectivity index (χ1n) is 4.58. The van der Waals surface area contributed by atoms with Gasteiger partial charge in [0.2, 0.25) is 0 Å². The van der Waals surface area contributed by atoms with Crippen LogP contribution in [0.15, 0.2) is 24.3 Å². The van der Waals surface area contributed by atoms with E-state index in [9.17, 15) is 4.79 Å². The molecule has 64 valence electrons. The van der Waals surface area contributed by atoms with Crippen LogP contribution in [0.5, 0.6) is 0 Å². The Labute approximate surface area is 73.2 Å². The van der Waals surface area contributed by atoms with E-state index >= 15 is 0 Å². The molecule has 1 heteroatoms. The fraction of sp³-hybridized carbons (Fsp3) is 0.545. The van der Waals surface area contributed by atoms with Crippen molar-refractivity contribution in [1.82, 2.24) is 0 Å². The minimum absolute atomic E-state index is 0.252. The van der Waals surface area contributed by atoms with Gasteiger partial charge in [-0.2, -0.15) is 0 Å². The number of fused-ring (bicyclic) bond motifs is 1. The monoisotopic (exact) mass is 162 g/mol. The molecule has 0 saturated heterocycles. The van der Waals surface area contributed by atoms with E-state index in [1.165, 1.54) is 12.0 Å². The maximum absolute atomic E-state index is 11.5. The van der Waals surface area contributed by atoms with Gasteiger partial charge in [-0.1, -0.05) is 11.6 Å². The van der Waals surface area contributed by atoms with Crippen molar-refractivity contribution in [3.8, 4) is 0 Å². The summed E-state index contributed by atoms with van der Waals surface area (Å²) in [4.78, 5) is 11.5. The fourth-order valence-corrected chi connectivity index (χ4v) is 2.64. The van der Waals surface area contributed by atoms with Gasteiger partial charge in [0.1, 0.15) is 0 Å². The lowest BCUT2D eigenvalue weighted by Gasteiger charge is -2.13. The minimum atomic E-state index is 0.252. The predicted octanol–water partition coefficient (Wildman–Crippen LogP) is 2.34. The number of hydrogen-bond donors (Lipinski definition) is 0. The Morgan fingerprint density at radius 3 is 3.00 bits per heavy atom. The molecule has 0 radical (unpaired) electrons. The highest BCUT2D eigenvalue weighted by molar-refractivity contribution is 5.96. The maximum Gasteiger partial charge on any atom is 0.159 e. The molecule has 2 aliphatic carbocycles. The van der Waals surface area contributed by atoms with Gasteiger partial charge in [0.15, 0.2) is 5.78 Å². The lowest BCUT2D eigenvalue weighted by molar-refractivity contribution is -0.118. The van der Waals surface area contributed by atoms with Crippen LogP contribution in [0.25, 0.3) is 0 Å². The van der Waals surface area contributed by atoms with Gasteiger partial charge >= 0.3 is 0 Å². The Morgan fingerprint density at radius 2 is 2.33 bits per heavy atom. The summed E-state index contributed by atoms with van der Waals surface area (Å²) in [6, 6.07) is 0. The maximum atomic E-state index is 11.5. The largest absolute Gasteiger partial charge is 0.295 e. The van der Waals surface area contributed by atoms with Crippen LogP contribution in [-0.2, 0) is 4.79 Å². The third-order valence-corrected chi connectivity index (χ3v) is 3.29. The van der Waals surface area contributed by atoms with E-state index in [2.05, 4.69) is 13.5 Å². The molecule has 2 aliphatic rings. The Kier molecular flexibility index (Phi) is 1.67. The third kappa shape index (κ3) is 0.889. The molecule has 0 aliphatic heterocycles. The average Bonchev–Trinajstić information content (AvgIpc) is 2.55. The van der Waals surface area contributed by atoms with Crippen LogP contribution >= 0.6 is 0 Å². The Bertz CT molecular complexity index is 262. The van der Waals surface area contributed by atoms with Crippen molar-refractivity contribution >= 4 is 5.78 Å². The molecule has 12 heavy (non-hydrogen) atoms. The van der Waals surface area contributed by atoms with Crippen LogP contribution in [0.2, 0.25) is 0 Å². The molecule has 2 rings (SSSR count). The van der Waals surface area contributed by atoms with Gasteiger partial charge in [-0.25, -0.2) is 0 Å². The number of carbonyl (C=O) groups is 1. The normalized spacial score (nSPS) is 39.6. The molecule has 1 unspecified atom stereocenters. The summed E-state index contributed by atoms with van der Waals surface area (Å²) in [6.45, 7) is 5.86. The molecule has 0 bridgehead atoms. The van der Waals surface area contributed by atoms with E-state index in [0.717, 1.165) is 6.42 Å². The van der Waals surface area contributed by atoms with Gasteiger partial charge in [0, 0.05) is 5.92 Å². The lowest BCUT2D eigenvalue weighted by atomic mass is 9.89. The van der Waals surface area contributed by atoms with Gasteiger partial charge in [-0.05, 0) is 37.7 Å². The molecule has 0 aromatic heterocycles. The topological polar surface area (TPSA) is 17.1 Å². The number of allylic oxidation sites excluding steroid dienone is 3. The zero-order valence-electron chi connectivity index (χ0n) is 7.42. The second-order valence-electron chi connectivity index (χ2n) is 3.90. The van der Waals surface area contributed by atoms with Crippen molar-refractivity contribution in [2.24, 2.45) is 17.8 Å². The van der Waals surface area contributed by atoms with Gasteiger partial charge in [-0.15, -0.1) is 6.58 Å². The highest BCUT2D eigenvalue weighted by Crippen LogP contribution is 2.45. The van der Waals surface area contributed by atoms with Crippen LogP contribution in [0.3, 0.4) is 0 Å². The van der Waals surface area contributed by atoms with Crippen LogP contribution in [0.1, 0.15) is 19.8 Å². The van der Waals surface area contributed by atoms with Crippen molar-refractivity contribution in [2.45, 2.75) is 19.8 Å². The summed E-state index contributed by atoms with van der Waals surface area (Å²) in [7, 11) is 0. The number of rotatable bonds is 1. The second kappa shape index (κ2) is 2.58. The van der Waals surface area contributed by atoms with E-state index in [4.69, 9.17) is 0 Å². The molecule has 3 atom stereocenters.